The van der Waals surface area contributed by atoms with E-state index < -0.39 is 0 Å². The van der Waals surface area contributed by atoms with Gasteiger partial charge < -0.3 is 9.64 Å². The lowest BCUT2D eigenvalue weighted by Gasteiger charge is -2.21. The summed E-state index contributed by atoms with van der Waals surface area (Å²) in [5.74, 6) is 0.521. The van der Waals surface area contributed by atoms with Crippen LogP contribution in [0.2, 0.25) is 0 Å². The van der Waals surface area contributed by atoms with Crippen LogP contribution in [0.4, 0.5) is 5.82 Å². The summed E-state index contributed by atoms with van der Waals surface area (Å²) in [5.41, 5.74) is 1.16. The SMILES string of the molecule is COC(=O)C(C)CN(C)c1cc(C)ccn1. The van der Waals surface area contributed by atoms with Gasteiger partial charge in [0, 0.05) is 19.8 Å². The van der Waals surface area contributed by atoms with Crippen molar-refractivity contribution < 1.29 is 9.53 Å². The van der Waals surface area contributed by atoms with Crippen LogP contribution in [0.1, 0.15) is 12.5 Å². The van der Waals surface area contributed by atoms with E-state index in [1.165, 1.54) is 7.11 Å². The zero-order valence-electron chi connectivity index (χ0n) is 10.2. The van der Waals surface area contributed by atoms with Gasteiger partial charge in [-0.05, 0) is 24.6 Å². The molecule has 0 saturated carbocycles. The van der Waals surface area contributed by atoms with Gasteiger partial charge in [0.1, 0.15) is 5.82 Å². The van der Waals surface area contributed by atoms with Gasteiger partial charge in [0.05, 0.1) is 13.0 Å². The minimum absolute atomic E-state index is 0.155. The number of nitrogens with zero attached hydrogens (tertiary/aromatic N) is 2. The van der Waals surface area contributed by atoms with Gasteiger partial charge in [-0.2, -0.15) is 0 Å². The Morgan fingerprint density at radius 3 is 2.88 bits per heavy atom. The molecule has 1 rings (SSSR count). The van der Waals surface area contributed by atoms with E-state index in [1.54, 1.807) is 6.20 Å². The number of hydrogen-bond acceptors (Lipinski definition) is 4. The van der Waals surface area contributed by atoms with Crippen molar-refractivity contribution in [2.45, 2.75) is 13.8 Å². The topological polar surface area (TPSA) is 42.4 Å². The van der Waals surface area contributed by atoms with Crippen LogP contribution in [0.5, 0.6) is 0 Å². The molecule has 4 nitrogen and oxygen atoms in total. The third kappa shape index (κ3) is 3.22. The van der Waals surface area contributed by atoms with Crippen molar-refractivity contribution in [3.63, 3.8) is 0 Å². The molecule has 88 valence electrons. The molecule has 0 spiro atoms. The van der Waals surface area contributed by atoms with Gasteiger partial charge in [-0.15, -0.1) is 0 Å². The van der Waals surface area contributed by atoms with Gasteiger partial charge in [0.2, 0.25) is 0 Å². The van der Waals surface area contributed by atoms with Crippen LogP contribution in [-0.2, 0) is 9.53 Å². The zero-order chi connectivity index (χ0) is 12.1. The summed E-state index contributed by atoms with van der Waals surface area (Å²) in [6.45, 7) is 4.46. The first-order valence-electron chi connectivity index (χ1n) is 5.26. The predicted molar refractivity (Wildman–Crippen MR) is 63.4 cm³/mol. The highest BCUT2D eigenvalue weighted by atomic mass is 16.5. The Kier molecular flexibility index (Phi) is 4.28. The second-order valence-corrected chi connectivity index (χ2v) is 4.00. The summed E-state index contributed by atoms with van der Waals surface area (Å²) < 4.78 is 4.69. The number of aromatic nitrogens is 1. The lowest BCUT2D eigenvalue weighted by Crippen LogP contribution is -2.29. The van der Waals surface area contributed by atoms with Crippen molar-refractivity contribution in [2.75, 3.05) is 25.6 Å². The van der Waals surface area contributed by atoms with Crippen molar-refractivity contribution in [3.8, 4) is 0 Å². The van der Waals surface area contributed by atoms with Gasteiger partial charge in [-0.1, -0.05) is 6.92 Å². The van der Waals surface area contributed by atoms with Crippen LogP contribution in [0.15, 0.2) is 18.3 Å². The first-order valence-corrected chi connectivity index (χ1v) is 5.26. The quantitative estimate of drug-likeness (QED) is 0.726. The molecule has 0 radical (unpaired) electrons. The Morgan fingerprint density at radius 2 is 2.31 bits per heavy atom. The number of esters is 1. The largest absolute Gasteiger partial charge is 0.469 e. The number of carbonyl (C=O) groups excluding carboxylic acids is 1. The Balaban J connectivity index is 2.65. The number of methoxy groups -OCH3 is 1. The molecule has 0 bridgehead atoms. The van der Waals surface area contributed by atoms with Gasteiger partial charge >= 0.3 is 5.97 Å². The molecule has 0 fully saturated rings. The fraction of sp³-hybridized carbons (Fsp3) is 0.500. The minimum atomic E-state index is -0.195. The van der Waals surface area contributed by atoms with Gasteiger partial charge in [-0.3, -0.25) is 4.79 Å². The number of rotatable bonds is 4. The summed E-state index contributed by atoms with van der Waals surface area (Å²) >= 11 is 0. The highest BCUT2D eigenvalue weighted by Gasteiger charge is 2.16. The molecule has 16 heavy (non-hydrogen) atoms. The minimum Gasteiger partial charge on any atom is -0.469 e. The monoisotopic (exact) mass is 222 g/mol. The van der Waals surface area contributed by atoms with Crippen LogP contribution in [0, 0.1) is 12.8 Å². The average molecular weight is 222 g/mol. The molecule has 1 aromatic heterocycles. The van der Waals surface area contributed by atoms with E-state index in [4.69, 9.17) is 0 Å². The highest BCUT2D eigenvalue weighted by molar-refractivity contribution is 5.72. The van der Waals surface area contributed by atoms with E-state index >= 15 is 0 Å². The first-order chi connectivity index (χ1) is 7.54. The third-order valence-electron chi connectivity index (χ3n) is 2.44. The molecular weight excluding hydrogens is 204 g/mol. The van der Waals surface area contributed by atoms with Crippen molar-refractivity contribution in [2.24, 2.45) is 5.92 Å². The maximum absolute atomic E-state index is 11.3. The van der Waals surface area contributed by atoms with E-state index in [0.29, 0.717) is 6.54 Å². The number of pyridine rings is 1. The van der Waals surface area contributed by atoms with Crippen LogP contribution in [-0.4, -0.2) is 31.7 Å². The number of aryl methyl sites for hydroxylation is 1. The van der Waals surface area contributed by atoms with E-state index in [9.17, 15) is 4.79 Å². The van der Waals surface area contributed by atoms with Crippen LogP contribution >= 0.6 is 0 Å². The predicted octanol–water partition coefficient (Wildman–Crippen LogP) is 1.64. The average Bonchev–Trinajstić information content (AvgIpc) is 2.27. The molecule has 0 aliphatic rings. The van der Waals surface area contributed by atoms with E-state index in [-0.39, 0.29) is 11.9 Å². The number of carbonyl (C=O) groups is 1. The molecule has 1 atom stereocenters. The molecule has 0 aliphatic heterocycles. The normalized spacial score (nSPS) is 12.0. The second kappa shape index (κ2) is 5.49. The lowest BCUT2D eigenvalue weighted by molar-refractivity contribution is -0.144. The van der Waals surface area contributed by atoms with Gasteiger partial charge in [-0.25, -0.2) is 4.98 Å². The molecule has 1 heterocycles. The Labute approximate surface area is 96.2 Å². The number of anilines is 1. The Hall–Kier alpha value is -1.58. The number of hydrogen-bond donors (Lipinski definition) is 0. The molecule has 0 saturated heterocycles. The van der Waals surface area contributed by atoms with Crippen molar-refractivity contribution in [1.29, 1.82) is 0 Å². The Morgan fingerprint density at radius 1 is 1.62 bits per heavy atom. The van der Waals surface area contributed by atoms with Crippen molar-refractivity contribution in [3.05, 3.63) is 23.9 Å². The smallest absolute Gasteiger partial charge is 0.310 e. The lowest BCUT2D eigenvalue weighted by atomic mass is 10.1. The van der Waals surface area contributed by atoms with Crippen molar-refractivity contribution in [1.82, 2.24) is 4.98 Å². The highest BCUT2D eigenvalue weighted by Crippen LogP contribution is 2.12. The summed E-state index contributed by atoms with van der Waals surface area (Å²) in [6.07, 6.45) is 1.77. The van der Waals surface area contributed by atoms with Crippen molar-refractivity contribution >= 4 is 11.8 Å². The summed E-state index contributed by atoms with van der Waals surface area (Å²) in [4.78, 5) is 17.5. The second-order valence-electron chi connectivity index (χ2n) is 4.00. The van der Waals surface area contributed by atoms with E-state index in [0.717, 1.165) is 11.4 Å². The molecular formula is C12H18N2O2. The zero-order valence-corrected chi connectivity index (χ0v) is 10.2. The summed E-state index contributed by atoms with van der Waals surface area (Å²) in [7, 11) is 3.32. The molecule has 0 aromatic carbocycles. The van der Waals surface area contributed by atoms with Crippen LogP contribution in [0.3, 0.4) is 0 Å². The standard InChI is InChI=1S/C12H18N2O2/c1-9-5-6-13-11(7-9)14(3)8-10(2)12(15)16-4/h5-7,10H,8H2,1-4H3. The van der Waals surface area contributed by atoms with Gasteiger partial charge in [0.25, 0.3) is 0 Å². The fourth-order valence-corrected chi connectivity index (χ4v) is 1.51. The maximum Gasteiger partial charge on any atom is 0.310 e. The van der Waals surface area contributed by atoms with Crippen LogP contribution in [0.25, 0.3) is 0 Å². The number of ether oxygens (including phenoxy) is 1. The summed E-state index contributed by atoms with van der Waals surface area (Å²) in [5, 5.41) is 0. The summed E-state index contributed by atoms with van der Waals surface area (Å²) in [6, 6.07) is 3.94. The molecule has 4 heteroatoms. The molecule has 1 aromatic rings. The molecule has 0 N–H and O–H groups in total. The van der Waals surface area contributed by atoms with E-state index in [2.05, 4.69) is 9.72 Å². The molecule has 0 amide bonds. The Bertz CT molecular complexity index is 366. The van der Waals surface area contributed by atoms with E-state index in [1.807, 2.05) is 37.9 Å². The third-order valence-corrected chi connectivity index (χ3v) is 2.44. The molecule has 0 aliphatic carbocycles. The maximum atomic E-state index is 11.3. The molecule has 1 unspecified atom stereocenters. The fourth-order valence-electron chi connectivity index (χ4n) is 1.51. The first kappa shape index (κ1) is 12.5. The van der Waals surface area contributed by atoms with Crippen LogP contribution < -0.4 is 4.90 Å². The van der Waals surface area contributed by atoms with Gasteiger partial charge in [0.15, 0.2) is 0 Å².